The molecule has 0 radical (unpaired) electrons. The molecule has 4 aromatic carbocycles. The van der Waals surface area contributed by atoms with Crippen molar-refractivity contribution < 1.29 is 9.59 Å². The van der Waals surface area contributed by atoms with Crippen LogP contribution >= 0.6 is 23.2 Å². The topological polar surface area (TPSA) is 37.4 Å². The maximum atomic E-state index is 12.3. The van der Waals surface area contributed by atoms with E-state index in [0.29, 0.717) is 21.2 Å². The van der Waals surface area contributed by atoms with E-state index in [2.05, 4.69) is 18.7 Å². The minimum Gasteiger partial charge on any atom is -0.372 e. The number of nitrogens with zero attached hydrogens (tertiary/aromatic N) is 1. The standard InChI is InChI=1S/C17H19NO.C13H8Cl2O/c1-3-18(4-2)16-12-10-15(11-13-16)17(19)14-8-6-5-7-9-14;14-11-8-4-7-10(12(11)15)13(16)9-5-2-1-3-6-9/h5-13H,3-4H2,1-2H3;1-8H. The van der Waals surface area contributed by atoms with Gasteiger partial charge in [0.2, 0.25) is 0 Å². The Bertz CT molecular complexity index is 1250. The zero-order valence-electron chi connectivity index (χ0n) is 19.7. The van der Waals surface area contributed by atoms with Crippen molar-refractivity contribution in [1.82, 2.24) is 0 Å². The maximum absolute atomic E-state index is 12.3. The Hall–Kier alpha value is -3.40. The van der Waals surface area contributed by atoms with Gasteiger partial charge in [-0.25, -0.2) is 0 Å². The first kappa shape index (κ1) is 26.2. The van der Waals surface area contributed by atoms with E-state index in [9.17, 15) is 9.59 Å². The zero-order valence-corrected chi connectivity index (χ0v) is 21.3. The molecule has 0 atom stereocenters. The Labute approximate surface area is 216 Å². The number of rotatable bonds is 7. The Kier molecular flexibility index (Phi) is 9.66. The van der Waals surface area contributed by atoms with Crippen molar-refractivity contribution in [3.63, 3.8) is 0 Å². The first-order valence-corrected chi connectivity index (χ1v) is 12.2. The molecular formula is C30H27Cl2NO2. The van der Waals surface area contributed by atoms with Gasteiger partial charge in [-0.3, -0.25) is 9.59 Å². The zero-order chi connectivity index (χ0) is 25.2. The fourth-order valence-corrected chi connectivity index (χ4v) is 3.98. The molecule has 0 aromatic heterocycles. The highest BCUT2D eigenvalue weighted by molar-refractivity contribution is 6.44. The van der Waals surface area contributed by atoms with Crippen LogP contribution in [-0.4, -0.2) is 24.7 Å². The van der Waals surface area contributed by atoms with Crippen LogP contribution in [0, 0.1) is 0 Å². The highest BCUT2D eigenvalue weighted by Gasteiger charge is 2.14. The normalized spacial score (nSPS) is 10.2. The largest absolute Gasteiger partial charge is 0.372 e. The summed E-state index contributed by atoms with van der Waals surface area (Å²) in [5.74, 6) is -0.0419. The van der Waals surface area contributed by atoms with Crippen LogP contribution in [0.2, 0.25) is 10.0 Å². The molecule has 0 spiro atoms. The summed E-state index contributed by atoms with van der Waals surface area (Å²) in [5, 5.41) is 0.696. The van der Waals surface area contributed by atoms with Crippen molar-refractivity contribution in [2.24, 2.45) is 0 Å². The lowest BCUT2D eigenvalue weighted by Gasteiger charge is -2.21. The molecule has 5 heteroatoms. The quantitative estimate of drug-likeness (QED) is 0.240. The first-order valence-electron chi connectivity index (χ1n) is 11.4. The number of ketones is 2. The van der Waals surface area contributed by atoms with Gasteiger partial charge in [-0.1, -0.05) is 89.9 Å². The summed E-state index contributed by atoms with van der Waals surface area (Å²) in [6.07, 6.45) is 0. The van der Waals surface area contributed by atoms with Gasteiger partial charge in [0.1, 0.15) is 0 Å². The average Bonchev–Trinajstić information content (AvgIpc) is 2.92. The number of carbonyl (C=O) groups is 2. The third-order valence-electron chi connectivity index (χ3n) is 5.53. The lowest BCUT2D eigenvalue weighted by molar-refractivity contribution is 0.103. The van der Waals surface area contributed by atoms with Crippen LogP contribution in [0.3, 0.4) is 0 Å². The van der Waals surface area contributed by atoms with Crippen molar-refractivity contribution in [2.75, 3.05) is 18.0 Å². The number of hydrogen-bond donors (Lipinski definition) is 0. The molecule has 0 saturated heterocycles. The van der Waals surface area contributed by atoms with Crippen molar-refractivity contribution in [2.45, 2.75) is 13.8 Å². The van der Waals surface area contributed by atoms with Gasteiger partial charge < -0.3 is 4.90 Å². The van der Waals surface area contributed by atoms with Crippen molar-refractivity contribution in [1.29, 1.82) is 0 Å². The van der Waals surface area contributed by atoms with Crippen LogP contribution in [0.5, 0.6) is 0 Å². The second-order valence-electron chi connectivity index (χ2n) is 7.71. The molecule has 4 aromatic rings. The fourth-order valence-electron chi connectivity index (χ4n) is 3.59. The SMILES string of the molecule is CCN(CC)c1ccc(C(=O)c2ccccc2)cc1.O=C(c1ccccc1)c1cccc(Cl)c1Cl. The van der Waals surface area contributed by atoms with E-state index in [0.717, 1.165) is 29.9 Å². The summed E-state index contributed by atoms with van der Waals surface area (Å²) < 4.78 is 0. The molecule has 0 saturated carbocycles. The number of hydrogen-bond acceptors (Lipinski definition) is 3. The molecule has 0 amide bonds. The molecule has 0 N–H and O–H groups in total. The Morgan fingerprint density at radius 2 is 1.09 bits per heavy atom. The number of halogens is 2. The van der Waals surface area contributed by atoms with E-state index < -0.39 is 0 Å². The number of carbonyl (C=O) groups excluding carboxylic acids is 2. The van der Waals surface area contributed by atoms with Gasteiger partial charge in [-0.2, -0.15) is 0 Å². The van der Waals surface area contributed by atoms with E-state index >= 15 is 0 Å². The molecule has 4 rings (SSSR count). The molecule has 0 bridgehead atoms. The second kappa shape index (κ2) is 12.9. The minimum absolute atomic E-state index is 0.0756. The minimum atomic E-state index is -0.117. The molecule has 0 fully saturated rings. The summed E-state index contributed by atoms with van der Waals surface area (Å²) in [7, 11) is 0. The van der Waals surface area contributed by atoms with E-state index in [1.807, 2.05) is 72.8 Å². The molecule has 0 unspecified atom stereocenters. The summed E-state index contributed by atoms with van der Waals surface area (Å²) in [6.45, 7) is 6.21. The van der Waals surface area contributed by atoms with Gasteiger partial charge in [0, 0.05) is 41.0 Å². The van der Waals surface area contributed by atoms with Gasteiger partial charge >= 0.3 is 0 Å². The van der Waals surface area contributed by atoms with Gasteiger partial charge in [-0.05, 0) is 50.2 Å². The summed E-state index contributed by atoms with van der Waals surface area (Å²) in [4.78, 5) is 26.6. The smallest absolute Gasteiger partial charge is 0.194 e. The lowest BCUT2D eigenvalue weighted by atomic mass is 10.0. The first-order chi connectivity index (χ1) is 17.0. The molecule has 0 heterocycles. The van der Waals surface area contributed by atoms with Crippen molar-refractivity contribution >= 4 is 40.5 Å². The van der Waals surface area contributed by atoms with Gasteiger partial charge in [-0.15, -0.1) is 0 Å². The monoisotopic (exact) mass is 503 g/mol. The van der Waals surface area contributed by atoms with Crippen LogP contribution in [-0.2, 0) is 0 Å². The van der Waals surface area contributed by atoms with Crippen molar-refractivity contribution in [3.8, 4) is 0 Å². The van der Waals surface area contributed by atoms with Crippen LogP contribution in [0.1, 0.15) is 45.7 Å². The summed E-state index contributed by atoms with van der Waals surface area (Å²) in [6, 6.07) is 31.3. The van der Waals surface area contributed by atoms with E-state index in [1.54, 1.807) is 30.3 Å². The molecule has 35 heavy (non-hydrogen) atoms. The van der Waals surface area contributed by atoms with Gasteiger partial charge in [0.25, 0.3) is 0 Å². The van der Waals surface area contributed by atoms with Crippen LogP contribution in [0.4, 0.5) is 5.69 Å². The predicted molar refractivity (Wildman–Crippen MR) is 146 cm³/mol. The molecule has 0 aliphatic heterocycles. The molecule has 3 nitrogen and oxygen atoms in total. The molecule has 178 valence electrons. The molecular weight excluding hydrogens is 477 g/mol. The Morgan fingerprint density at radius 3 is 1.60 bits per heavy atom. The average molecular weight is 504 g/mol. The Balaban J connectivity index is 0.000000198. The highest BCUT2D eigenvalue weighted by Crippen LogP contribution is 2.27. The molecule has 0 aliphatic rings. The van der Waals surface area contributed by atoms with E-state index in [4.69, 9.17) is 23.2 Å². The van der Waals surface area contributed by atoms with Crippen molar-refractivity contribution in [3.05, 3.63) is 135 Å². The second-order valence-corrected chi connectivity index (χ2v) is 8.50. The van der Waals surface area contributed by atoms with Crippen LogP contribution < -0.4 is 4.90 Å². The van der Waals surface area contributed by atoms with Gasteiger partial charge in [0.15, 0.2) is 11.6 Å². The summed E-state index contributed by atoms with van der Waals surface area (Å²) >= 11 is 11.8. The molecule has 0 aliphatic carbocycles. The lowest BCUT2D eigenvalue weighted by Crippen LogP contribution is -2.21. The van der Waals surface area contributed by atoms with Gasteiger partial charge in [0.05, 0.1) is 10.0 Å². The third kappa shape index (κ3) is 6.82. The number of benzene rings is 4. The van der Waals surface area contributed by atoms with E-state index in [1.165, 1.54) is 0 Å². The fraction of sp³-hybridized carbons (Fsp3) is 0.133. The highest BCUT2D eigenvalue weighted by atomic mass is 35.5. The summed E-state index contributed by atoms with van der Waals surface area (Å²) in [5.41, 5.74) is 3.67. The Morgan fingerprint density at radius 1 is 0.600 bits per heavy atom. The van der Waals surface area contributed by atoms with E-state index in [-0.39, 0.29) is 11.6 Å². The predicted octanol–water partition coefficient (Wildman–Crippen LogP) is 7.99. The third-order valence-corrected chi connectivity index (χ3v) is 6.35. The number of anilines is 1. The van der Waals surface area contributed by atoms with Crippen LogP contribution in [0.25, 0.3) is 0 Å². The maximum Gasteiger partial charge on any atom is 0.194 e. The van der Waals surface area contributed by atoms with Crippen LogP contribution in [0.15, 0.2) is 103 Å².